The van der Waals surface area contributed by atoms with Crippen LogP contribution in [0.4, 0.5) is 0 Å². The van der Waals surface area contributed by atoms with Gasteiger partial charge in [-0.1, -0.05) is 40.2 Å². The highest BCUT2D eigenvalue weighted by atomic mass is 79.9. The molecule has 1 aromatic heterocycles. The van der Waals surface area contributed by atoms with Crippen molar-refractivity contribution >= 4 is 21.8 Å². The van der Waals surface area contributed by atoms with Gasteiger partial charge in [0.2, 0.25) is 0 Å². The van der Waals surface area contributed by atoms with Gasteiger partial charge in [0, 0.05) is 23.6 Å². The zero-order valence-electron chi connectivity index (χ0n) is 17.3. The highest BCUT2D eigenvalue weighted by Crippen LogP contribution is 2.18. The van der Waals surface area contributed by atoms with Crippen molar-refractivity contribution in [3.05, 3.63) is 81.6 Å². The zero-order chi connectivity index (χ0) is 21.0. The summed E-state index contributed by atoms with van der Waals surface area (Å²) in [5.74, 6) is -0.113. The van der Waals surface area contributed by atoms with Gasteiger partial charge in [-0.2, -0.15) is 5.10 Å². The summed E-state index contributed by atoms with van der Waals surface area (Å²) >= 11 is 3.44. The SMILES string of the molecule is Cc1c(C(=O)NCc2ccccc2CN(C)C(C)C)cnn1-c1ccc(Br)cc1. The van der Waals surface area contributed by atoms with Gasteiger partial charge in [-0.25, -0.2) is 4.68 Å². The summed E-state index contributed by atoms with van der Waals surface area (Å²) in [4.78, 5) is 15.1. The quantitative estimate of drug-likeness (QED) is 0.561. The normalized spacial score (nSPS) is 11.3. The smallest absolute Gasteiger partial charge is 0.255 e. The summed E-state index contributed by atoms with van der Waals surface area (Å²) in [7, 11) is 2.11. The number of nitrogens with one attached hydrogen (secondary N) is 1. The standard InChI is InChI=1S/C23H27BrN4O/c1-16(2)27(4)15-19-8-6-5-7-18(19)13-25-23(29)22-14-26-28(17(22)3)21-11-9-20(24)10-12-21/h5-12,14,16H,13,15H2,1-4H3,(H,25,29). The molecule has 0 aliphatic rings. The van der Waals surface area contributed by atoms with Gasteiger partial charge in [-0.3, -0.25) is 9.69 Å². The molecule has 0 spiro atoms. The number of halogens is 1. The van der Waals surface area contributed by atoms with Gasteiger partial charge in [-0.05, 0) is 63.2 Å². The van der Waals surface area contributed by atoms with Gasteiger partial charge in [-0.15, -0.1) is 0 Å². The number of amides is 1. The first-order valence-corrected chi connectivity index (χ1v) is 10.5. The minimum absolute atomic E-state index is 0.113. The third kappa shape index (κ3) is 5.14. The molecular weight excluding hydrogens is 428 g/mol. The summed E-state index contributed by atoms with van der Waals surface area (Å²) in [6.45, 7) is 7.61. The van der Waals surface area contributed by atoms with Crippen LogP contribution in [0.5, 0.6) is 0 Å². The van der Waals surface area contributed by atoms with Gasteiger partial charge >= 0.3 is 0 Å². The summed E-state index contributed by atoms with van der Waals surface area (Å²) in [5, 5.41) is 7.46. The summed E-state index contributed by atoms with van der Waals surface area (Å²) in [5.41, 5.74) is 4.69. The molecule has 1 heterocycles. The highest BCUT2D eigenvalue weighted by molar-refractivity contribution is 9.10. The van der Waals surface area contributed by atoms with E-state index < -0.39 is 0 Å². The fourth-order valence-electron chi connectivity index (χ4n) is 3.08. The second-order valence-electron chi connectivity index (χ2n) is 7.49. The molecule has 29 heavy (non-hydrogen) atoms. The largest absolute Gasteiger partial charge is 0.348 e. The van der Waals surface area contributed by atoms with Crippen molar-refractivity contribution in [3.63, 3.8) is 0 Å². The second kappa shape index (κ2) is 9.37. The first-order valence-electron chi connectivity index (χ1n) is 9.72. The molecule has 0 fully saturated rings. The van der Waals surface area contributed by atoms with E-state index in [9.17, 15) is 4.79 Å². The maximum Gasteiger partial charge on any atom is 0.255 e. The fourth-order valence-corrected chi connectivity index (χ4v) is 3.35. The molecule has 0 aliphatic carbocycles. The summed E-state index contributed by atoms with van der Waals surface area (Å²) in [6, 6.07) is 16.6. The number of hydrogen-bond acceptors (Lipinski definition) is 3. The molecule has 0 radical (unpaired) electrons. The van der Waals surface area contributed by atoms with Crippen LogP contribution < -0.4 is 5.32 Å². The lowest BCUT2D eigenvalue weighted by Gasteiger charge is -2.22. The van der Waals surface area contributed by atoms with Crippen LogP contribution in [0.15, 0.2) is 59.2 Å². The predicted octanol–water partition coefficient (Wildman–Crippen LogP) is 4.71. The third-order valence-electron chi connectivity index (χ3n) is 5.18. The molecule has 2 aromatic carbocycles. The molecule has 0 saturated heterocycles. The van der Waals surface area contributed by atoms with Crippen LogP contribution in [-0.4, -0.2) is 33.7 Å². The van der Waals surface area contributed by atoms with E-state index >= 15 is 0 Å². The van der Waals surface area contributed by atoms with Crippen LogP contribution in [0.1, 0.15) is 41.0 Å². The molecule has 5 nitrogen and oxygen atoms in total. The highest BCUT2D eigenvalue weighted by Gasteiger charge is 2.16. The van der Waals surface area contributed by atoms with Crippen LogP contribution >= 0.6 is 15.9 Å². The van der Waals surface area contributed by atoms with Crippen LogP contribution in [0, 0.1) is 6.92 Å². The molecular formula is C23H27BrN4O. The molecule has 0 saturated carbocycles. The monoisotopic (exact) mass is 454 g/mol. The Labute approximate surface area is 180 Å². The molecule has 1 amide bonds. The van der Waals surface area contributed by atoms with Gasteiger partial charge in [0.25, 0.3) is 5.91 Å². The molecule has 6 heteroatoms. The number of nitrogens with zero attached hydrogens (tertiary/aromatic N) is 3. The van der Waals surface area contributed by atoms with Gasteiger partial charge in [0.05, 0.1) is 23.1 Å². The fraction of sp³-hybridized carbons (Fsp3) is 0.304. The van der Waals surface area contributed by atoms with E-state index in [1.165, 1.54) is 5.56 Å². The summed E-state index contributed by atoms with van der Waals surface area (Å²) in [6.07, 6.45) is 1.63. The summed E-state index contributed by atoms with van der Waals surface area (Å²) < 4.78 is 2.79. The van der Waals surface area contributed by atoms with Crippen molar-refractivity contribution < 1.29 is 4.79 Å². The average Bonchev–Trinajstić information content (AvgIpc) is 3.09. The van der Waals surface area contributed by atoms with E-state index in [1.807, 2.05) is 43.3 Å². The first kappa shape index (κ1) is 21.3. The number of benzene rings is 2. The maximum atomic E-state index is 12.8. The third-order valence-corrected chi connectivity index (χ3v) is 5.71. The van der Waals surface area contributed by atoms with E-state index in [-0.39, 0.29) is 5.91 Å². The molecule has 152 valence electrons. The topological polar surface area (TPSA) is 50.2 Å². The minimum atomic E-state index is -0.113. The Kier molecular flexibility index (Phi) is 6.87. The van der Waals surface area contributed by atoms with Crippen molar-refractivity contribution in [2.24, 2.45) is 0 Å². The van der Waals surface area contributed by atoms with Crippen LogP contribution in [-0.2, 0) is 13.1 Å². The Hall–Kier alpha value is -2.44. The van der Waals surface area contributed by atoms with E-state index in [4.69, 9.17) is 0 Å². The van der Waals surface area contributed by atoms with E-state index in [0.29, 0.717) is 18.2 Å². The average molecular weight is 455 g/mol. The van der Waals surface area contributed by atoms with Crippen molar-refractivity contribution in [1.29, 1.82) is 0 Å². The van der Waals surface area contributed by atoms with Crippen molar-refractivity contribution in [1.82, 2.24) is 20.0 Å². The molecule has 0 bridgehead atoms. The number of hydrogen-bond donors (Lipinski definition) is 1. The molecule has 0 aliphatic heterocycles. The van der Waals surface area contributed by atoms with Crippen LogP contribution in [0.25, 0.3) is 5.69 Å². The van der Waals surface area contributed by atoms with Gasteiger partial charge in [0.15, 0.2) is 0 Å². The lowest BCUT2D eigenvalue weighted by atomic mass is 10.1. The number of aromatic nitrogens is 2. The molecule has 0 atom stereocenters. The molecule has 1 N–H and O–H groups in total. The Morgan fingerprint density at radius 3 is 2.45 bits per heavy atom. The Morgan fingerprint density at radius 2 is 1.79 bits per heavy atom. The lowest BCUT2D eigenvalue weighted by molar-refractivity contribution is 0.0950. The van der Waals surface area contributed by atoms with E-state index in [2.05, 4.69) is 64.3 Å². The van der Waals surface area contributed by atoms with E-state index in [1.54, 1.807) is 10.9 Å². The minimum Gasteiger partial charge on any atom is -0.348 e. The van der Waals surface area contributed by atoms with Crippen molar-refractivity contribution in [2.45, 2.75) is 39.9 Å². The molecule has 3 aromatic rings. The van der Waals surface area contributed by atoms with Crippen LogP contribution in [0.2, 0.25) is 0 Å². The van der Waals surface area contributed by atoms with E-state index in [0.717, 1.165) is 28.0 Å². The number of rotatable bonds is 7. The molecule has 3 rings (SSSR count). The second-order valence-corrected chi connectivity index (χ2v) is 8.41. The molecule has 0 unspecified atom stereocenters. The predicted molar refractivity (Wildman–Crippen MR) is 120 cm³/mol. The lowest BCUT2D eigenvalue weighted by Crippen LogP contribution is -2.28. The number of carbonyl (C=O) groups is 1. The van der Waals surface area contributed by atoms with Crippen LogP contribution in [0.3, 0.4) is 0 Å². The van der Waals surface area contributed by atoms with Crippen molar-refractivity contribution in [3.8, 4) is 5.69 Å². The Balaban J connectivity index is 1.72. The van der Waals surface area contributed by atoms with Crippen molar-refractivity contribution in [2.75, 3.05) is 7.05 Å². The zero-order valence-corrected chi connectivity index (χ0v) is 18.9. The number of carbonyl (C=O) groups excluding carboxylic acids is 1. The van der Waals surface area contributed by atoms with Gasteiger partial charge in [0.1, 0.15) is 0 Å². The maximum absolute atomic E-state index is 12.8. The Bertz CT molecular complexity index is 979. The van der Waals surface area contributed by atoms with Gasteiger partial charge < -0.3 is 5.32 Å². The Morgan fingerprint density at radius 1 is 1.14 bits per heavy atom. The first-order chi connectivity index (χ1) is 13.9.